The molecule has 2 heterocycles. The van der Waals surface area contributed by atoms with Gasteiger partial charge in [-0.3, -0.25) is 4.98 Å². The summed E-state index contributed by atoms with van der Waals surface area (Å²) in [5, 5.41) is 0. The quantitative estimate of drug-likeness (QED) is 0.801. The maximum atomic E-state index is 4.46. The predicted octanol–water partition coefficient (Wildman–Crippen LogP) is 4.05. The van der Waals surface area contributed by atoms with Gasteiger partial charge in [-0.2, -0.15) is 0 Å². The Balaban J connectivity index is 1.99. The maximum Gasteiger partial charge on any atom is 0.0588 e. The average molecular weight is 252 g/mol. The van der Waals surface area contributed by atoms with E-state index in [1.807, 2.05) is 12.4 Å². The number of hydrogen-bond donors (Lipinski definition) is 0. The van der Waals surface area contributed by atoms with Crippen molar-refractivity contribution in [3.63, 3.8) is 0 Å². The molecule has 1 aliphatic heterocycles. The fraction of sp³-hybridized carbons (Fsp3) is 0.353. The standard InChI is InChI=1S/C17H20N2/c1-14-16(15-8-4-2-5-9-15)12-18-13-17(14)19-10-6-3-7-11-19/h2,4-5,8-9,12-13H,3,6-7,10-11H2,1H3. The lowest BCUT2D eigenvalue weighted by Gasteiger charge is -2.30. The van der Waals surface area contributed by atoms with Crippen LogP contribution in [0.4, 0.5) is 5.69 Å². The first-order chi connectivity index (χ1) is 9.36. The van der Waals surface area contributed by atoms with Crippen LogP contribution >= 0.6 is 0 Å². The lowest BCUT2D eigenvalue weighted by atomic mass is 10.0. The zero-order valence-electron chi connectivity index (χ0n) is 11.5. The summed E-state index contributed by atoms with van der Waals surface area (Å²) in [7, 11) is 0. The van der Waals surface area contributed by atoms with Gasteiger partial charge < -0.3 is 4.90 Å². The molecular weight excluding hydrogens is 232 g/mol. The van der Waals surface area contributed by atoms with Crippen molar-refractivity contribution in [2.45, 2.75) is 26.2 Å². The first kappa shape index (κ1) is 12.2. The van der Waals surface area contributed by atoms with Crippen LogP contribution in [0.5, 0.6) is 0 Å². The third-order valence-corrected chi connectivity index (χ3v) is 3.97. The van der Waals surface area contributed by atoms with Crippen LogP contribution in [0.2, 0.25) is 0 Å². The van der Waals surface area contributed by atoms with Gasteiger partial charge in [0.1, 0.15) is 0 Å². The van der Waals surface area contributed by atoms with Crippen LogP contribution in [-0.4, -0.2) is 18.1 Å². The Morgan fingerprint density at radius 3 is 2.42 bits per heavy atom. The van der Waals surface area contributed by atoms with Crippen LogP contribution in [0.15, 0.2) is 42.7 Å². The third kappa shape index (κ3) is 2.48. The SMILES string of the molecule is Cc1c(-c2ccccc2)cncc1N1CCCCC1. The van der Waals surface area contributed by atoms with Gasteiger partial charge in [-0.05, 0) is 37.3 Å². The Morgan fingerprint density at radius 1 is 0.947 bits per heavy atom. The van der Waals surface area contributed by atoms with E-state index >= 15 is 0 Å². The molecule has 0 bridgehead atoms. The Morgan fingerprint density at radius 2 is 1.68 bits per heavy atom. The highest BCUT2D eigenvalue weighted by Gasteiger charge is 2.15. The molecule has 0 radical (unpaired) electrons. The summed E-state index contributed by atoms with van der Waals surface area (Å²) in [6, 6.07) is 10.5. The van der Waals surface area contributed by atoms with E-state index in [1.165, 1.54) is 54.7 Å². The first-order valence-electron chi connectivity index (χ1n) is 7.11. The highest BCUT2D eigenvalue weighted by molar-refractivity contribution is 5.72. The van der Waals surface area contributed by atoms with Crippen molar-refractivity contribution in [3.05, 3.63) is 48.3 Å². The highest BCUT2D eigenvalue weighted by Crippen LogP contribution is 2.30. The predicted molar refractivity (Wildman–Crippen MR) is 80.5 cm³/mol. The third-order valence-electron chi connectivity index (χ3n) is 3.97. The number of hydrogen-bond acceptors (Lipinski definition) is 2. The van der Waals surface area contributed by atoms with E-state index in [2.05, 4.69) is 47.1 Å². The topological polar surface area (TPSA) is 16.1 Å². The number of pyridine rings is 1. The molecule has 0 spiro atoms. The van der Waals surface area contributed by atoms with E-state index in [0.717, 1.165) is 0 Å². The minimum Gasteiger partial charge on any atom is -0.370 e. The Bertz CT molecular complexity index is 542. The van der Waals surface area contributed by atoms with Crippen molar-refractivity contribution in [3.8, 4) is 11.1 Å². The molecule has 0 aliphatic carbocycles. The molecule has 2 aromatic rings. The molecule has 0 saturated carbocycles. The van der Waals surface area contributed by atoms with Crippen molar-refractivity contribution in [2.24, 2.45) is 0 Å². The van der Waals surface area contributed by atoms with Gasteiger partial charge in [-0.15, -0.1) is 0 Å². The van der Waals surface area contributed by atoms with Crippen molar-refractivity contribution in [1.82, 2.24) is 4.98 Å². The molecule has 0 atom stereocenters. The fourth-order valence-corrected chi connectivity index (χ4v) is 2.88. The summed E-state index contributed by atoms with van der Waals surface area (Å²) in [6.45, 7) is 4.55. The van der Waals surface area contributed by atoms with Gasteiger partial charge in [-0.1, -0.05) is 30.3 Å². The largest absolute Gasteiger partial charge is 0.370 e. The van der Waals surface area contributed by atoms with Gasteiger partial charge in [0.05, 0.1) is 11.9 Å². The van der Waals surface area contributed by atoms with Gasteiger partial charge in [-0.25, -0.2) is 0 Å². The van der Waals surface area contributed by atoms with E-state index in [1.54, 1.807) is 0 Å². The van der Waals surface area contributed by atoms with Crippen LogP contribution in [0.1, 0.15) is 24.8 Å². The monoisotopic (exact) mass is 252 g/mol. The van der Waals surface area contributed by atoms with E-state index in [0.29, 0.717) is 0 Å². The van der Waals surface area contributed by atoms with E-state index in [9.17, 15) is 0 Å². The highest BCUT2D eigenvalue weighted by atomic mass is 15.1. The molecule has 3 rings (SSSR count). The summed E-state index contributed by atoms with van der Waals surface area (Å²) < 4.78 is 0. The molecule has 1 aromatic carbocycles. The Hall–Kier alpha value is -1.83. The van der Waals surface area contributed by atoms with Crippen molar-refractivity contribution in [1.29, 1.82) is 0 Å². The lowest BCUT2D eigenvalue weighted by molar-refractivity contribution is 0.576. The molecule has 1 aromatic heterocycles. The van der Waals surface area contributed by atoms with Gasteiger partial charge >= 0.3 is 0 Å². The lowest BCUT2D eigenvalue weighted by Crippen LogP contribution is -2.30. The molecule has 0 N–H and O–H groups in total. The molecule has 2 nitrogen and oxygen atoms in total. The summed E-state index contributed by atoms with van der Waals surface area (Å²) in [5.41, 5.74) is 5.17. The van der Waals surface area contributed by atoms with Crippen LogP contribution in [0.3, 0.4) is 0 Å². The second kappa shape index (κ2) is 5.43. The normalized spacial score (nSPS) is 15.5. The number of rotatable bonds is 2. The molecule has 1 fully saturated rings. The summed E-state index contributed by atoms with van der Waals surface area (Å²) >= 11 is 0. The van der Waals surface area contributed by atoms with Gasteiger partial charge in [0.25, 0.3) is 0 Å². The second-order valence-electron chi connectivity index (χ2n) is 5.24. The van der Waals surface area contributed by atoms with Crippen LogP contribution in [0, 0.1) is 6.92 Å². The number of nitrogens with zero attached hydrogens (tertiary/aromatic N) is 2. The minimum atomic E-state index is 1.17. The van der Waals surface area contributed by atoms with Crippen molar-refractivity contribution in [2.75, 3.05) is 18.0 Å². The Labute approximate surface area is 115 Å². The number of aromatic nitrogens is 1. The fourth-order valence-electron chi connectivity index (χ4n) is 2.88. The van der Waals surface area contributed by atoms with E-state index in [4.69, 9.17) is 0 Å². The molecule has 1 saturated heterocycles. The minimum absolute atomic E-state index is 1.17. The number of anilines is 1. The van der Waals surface area contributed by atoms with Gasteiger partial charge in [0.2, 0.25) is 0 Å². The average Bonchev–Trinajstić information content (AvgIpc) is 2.49. The number of piperidine rings is 1. The smallest absolute Gasteiger partial charge is 0.0588 e. The van der Waals surface area contributed by atoms with E-state index < -0.39 is 0 Å². The van der Waals surface area contributed by atoms with Crippen molar-refractivity contribution >= 4 is 5.69 Å². The molecule has 2 heteroatoms. The maximum absolute atomic E-state index is 4.46. The summed E-state index contributed by atoms with van der Waals surface area (Å²) in [6.07, 6.45) is 7.97. The second-order valence-corrected chi connectivity index (χ2v) is 5.24. The molecule has 0 amide bonds. The van der Waals surface area contributed by atoms with Gasteiger partial charge in [0.15, 0.2) is 0 Å². The molecule has 19 heavy (non-hydrogen) atoms. The zero-order chi connectivity index (χ0) is 13.1. The molecule has 1 aliphatic rings. The number of benzene rings is 1. The molecule has 0 unspecified atom stereocenters. The van der Waals surface area contributed by atoms with E-state index in [-0.39, 0.29) is 0 Å². The van der Waals surface area contributed by atoms with Crippen LogP contribution < -0.4 is 4.90 Å². The van der Waals surface area contributed by atoms with Gasteiger partial charge in [0, 0.05) is 24.8 Å². The zero-order valence-corrected chi connectivity index (χ0v) is 11.5. The first-order valence-corrected chi connectivity index (χ1v) is 7.11. The Kier molecular flexibility index (Phi) is 3.49. The van der Waals surface area contributed by atoms with Crippen molar-refractivity contribution < 1.29 is 0 Å². The summed E-state index contributed by atoms with van der Waals surface area (Å²) in [4.78, 5) is 6.94. The molecule has 98 valence electrons. The van der Waals surface area contributed by atoms with Crippen LogP contribution in [-0.2, 0) is 0 Å². The van der Waals surface area contributed by atoms with Crippen LogP contribution in [0.25, 0.3) is 11.1 Å². The summed E-state index contributed by atoms with van der Waals surface area (Å²) in [5.74, 6) is 0. The molecular formula is C17H20N2.